The van der Waals surface area contributed by atoms with E-state index in [2.05, 4.69) is 0 Å². The fraction of sp³-hybridized carbons (Fsp3) is 0.650. The Morgan fingerprint density at radius 2 is 1.92 bits per heavy atom. The number of amides is 1. The Morgan fingerprint density at radius 3 is 2.56 bits per heavy atom. The largest absolute Gasteiger partial charge is 0.445 e. The van der Waals surface area contributed by atoms with Crippen molar-refractivity contribution in [3.63, 3.8) is 0 Å². The van der Waals surface area contributed by atoms with Crippen LogP contribution in [0, 0.1) is 0 Å². The van der Waals surface area contributed by atoms with Crippen LogP contribution in [0.4, 0.5) is 4.79 Å². The highest BCUT2D eigenvalue weighted by Crippen LogP contribution is 2.41. The van der Waals surface area contributed by atoms with Crippen LogP contribution >= 0.6 is 0 Å². The first-order valence-corrected chi connectivity index (χ1v) is 9.40. The van der Waals surface area contributed by atoms with E-state index >= 15 is 0 Å². The molecule has 2 aliphatic rings. The Balaban J connectivity index is 1.60. The van der Waals surface area contributed by atoms with Crippen LogP contribution < -0.4 is 0 Å². The predicted molar refractivity (Wildman–Crippen MR) is 95.2 cm³/mol. The molecule has 5 heteroatoms. The topological polar surface area (TPSA) is 59.0 Å². The summed E-state index contributed by atoms with van der Waals surface area (Å²) in [6.45, 7) is 3.50. The molecule has 0 aromatic heterocycles. The third-order valence-electron chi connectivity index (χ3n) is 5.42. The molecule has 0 saturated carbocycles. The zero-order valence-electron chi connectivity index (χ0n) is 15.0. The summed E-state index contributed by atoms with van der Waals surface area (Å²) in [7, 11) is 0. The third-order valence-corrected chi connectivity index (χ3v) is 5.42. The Morgan fingerprint density at radius 1 is 1.24 bits per heavy atom. The maximum atomic E-state index is 12.7. The van der Waals surface area contributed by atoms with Crippen molar-refractivity contribution < 1.29 is 19.4 Å². The molecule has 1 amide bonds. The molecule has 1 N–H and O–H groups in total. The van der Waals surface area contributed by atoms with Gasteiger partial charge in [-0.05, 0) is 51.0 Å². The van der Waals surface area contributed by atoms with Crippen LogP contribution in [-0.4, -0.2) is 47.0 Å². The van der Waals surface area contributed by atoms with Gasteiger partial charge < -0.3 is 19.5 Å². The first-order valence-electron chi connectivity index (χ1n) is 9.40. The van der Waals surface area contributed by atoms with Crippen molar-refractivity contribution in [2.45, 2.75) is 69.7 Å². The quantitative estimate of drug-likeness (QED) is 0.800. The molecular formula is C20H29NO4. The average molecular weight is 347 g/mol. The molecule has 1 aromatic carbocycles. The number of hydrogen-bond donors (Lipinski definition) is 1. The van der Waals surface area contributed by atoms with E-state index in [1.54, 1.807) is 0 Å². The van der Waals surface area contributed by atoms with E-state index in [4.69, 9.17) is 9.47 Å². The van der Waals surface area contributed by atoms with Crippen molar-refractivity contribution in [1.29, 1.82) is 0 Å². The second-order valence-corrected chi connectivity index (χ2v) is 7.27. The number of benzene rings is 1. The van der Waals surface area contributed by atoms with Crippen molar-refractivity contribution in [3.8, 4) is 0 Å². The van der Waals surface area contributed by atoms with Crippen molar-refractivity contribution in [2.75, 3.05) is 13.2 Å². The summed E-state index contributed by atoms with van der Waals surface area (Å²) in [6, 6.07) is 9.88. The van der Waals surface area contributed by atoms with Gasteiger partial charge in [-0.15, -0.1) is 0 Å². The van der Waals surface area contributed by atoms with Crippen LogP contribution in [0.15, 0.2) is 30.3 Å². The molecule has 1 aromatic rings. The van der Waals surface area contributed by atoms with E-state index in [0.717, 1.165) is 24.8 Å². The van der Waals surface area contributed by atoms with Gasteiger partial charge in [0.05, 0.1) is 5.60 Å². The average Bonchev–Trinajstić information content (AvgIpc) is 2.60. The number of piperidine rings is 2. The van der Waals surface area contributed by atoms with Gasteiger partial charge in [0.25, 0.3) is 0 Å². The molecule has 2 saturated heterocycles. The van der Waals surface area contributed by atoms with E-state index in [9.17, 15) is 9.90 Å². The lowest BCUT2D eigenvalue weighted by Crippen LogP contribution is -2.60. The molecule has 3 rings (SSSR count). The summed E-state index contributed by atoms with van der Waals surface area (Å²) in [5, 5.41) is 11.0. The van der Waals surface area contributed by atoms with Crippen LogP contribution in [0.1, 0.15) is 51.0 Å². The van der Waals surface area contributed by atoms with Crippen molar-refractivity contribution in [1.82, 2.24) is 4.90 Å². The molecule has 2 fully saturated rings. The fourth-order valence-corrected chi connectivity index (χ4v) is 4.23. The van der Waals surface area contributed by atoms with Crippen LogP contribution in [0.2, 0.25) is 0 Å². The summed E-state index contributed by atoms with van der Waals surface area (Å²) in [5.74, 6) is 0. The SMILES string of the molecule is CCOCCC1(O)CC2CCCC(C1)N2C(=O)OCc1ccccc1. The first kappa shape index (κ1) is 18.2. The lowest BCUT2D eigenvalue weighted by molar-refractivity contribution is -0.0973. The molecule has 0 radical (unpaired) electrons. The highest BCUT2D eigenvalue weighted by Gasteiger charge is 2.47. The number of hydrogen-bond acceptors (Lipinski definition) is 4. The van der Waals surface area contributed by atoms with Gasteiger partial charge in [-0.2, -0.15) is 0 Å². The first-order chi connectivity index (χ1) is 12.1. The predicted octanol–water partition coefficient (Wildman–Crippen LogP) is 3.50. The molecule has 0 aliphatic carbocycles. The summed E-state index contributed by atoms with van der Waals surface area (Å²) in [6.07, 6.45) is 4.63. The Kier molecular flexibility index (Phi) is 5.97. The highest BCUT2D eigenvalue weighted by molar-refractivity contribution is 5.69. The maximum Gasteiger partial charge on any atom is 0.410 e. The van der Waals surface area contributed by atoms with Gasteiger partial charge in [-0.3, -0.25) is 0 Å². The lowest BCUT2D eigenvalue weighted by atomic mass is 9.74. The molecule has 2 aliphatic heterocycles. The van der Waals surface area contributed by atoms with Crippen LogP contribution in [-0.2, 0) is 16.1 Å². The van der Waals surface area contributed by atoms with Gasteiger partial charge in [-0.25, -0.2) is 4.79 Å². The van der Waals surface area contributed by atoms with E-state index in [1.807, 2.05) is 42.2 Å². The molecule has 5 nitrogen and oxygen atoms in total. The molecule has 2 unspecified atom stereocenters. The zero-order chi connectivity index (χ0) is 17.7. The normalized spacial score (nSPS) is 28.6. The summed E-state index contributed by atoms with van der Waals surface area (Å²) in [5.41, 5.74) is 0.271. The number of ether oxygens (including phenoxy) is 2. The van der Waals surface area contributed by atoms with Crippen molar-refractivity contribution >= 4 is 6.09 Å². The number of carbonyl (C=O) groups excluding carboxylic acids is 1. The summed E-state index contributed by atoms with van der Waals surface area (Å²) >= 11 is 0. The third kappa shape index (κ3) is 4.53. The molecule has 2 heterocycles. The second kappa shape index (κ2) is 8.19. The molecule has 2 bridgehead atoms. The van der Waals surface area contributed by atoms with Gasteiger partial charge in [0.1, 0.15) is 6.61 Å². The van der Waals surface area contributed by atoms with E-state index in [0.29, 0.717) is 39.1 Å². The summed E-state index contributed by atoms with van der Waals surface area (Å²) < 4.78 is 11.0. The lowest BCUT2D eigenvalue weighted by Gasteiger charge is -2.51. The number of aliphatic hydroxyl groups is 1. The van der Waals surface area contributed by atoms with E-state index < -0.39 is 5.60 Å². The van der Waals surface area contributed by atoms with Gasteiger partial charge in [-0.1, -0.05) is 30.3 Å². The smallest absolute Gasteiger partial charge is 0.410 e. The Labute approximate surface area is 149 Å². The minimum Gasteiger partial charge on any atom is -0.445 e. The number of rotatable bonds is 6. The van der Waals surface area contributed by atoms with Gasteiger partial charge in [0.15, 0.2) is 0 Å². The van der Waals surface area contributed by atoms with Crippen LogP contribution in [0.3, 0.4) is 0 Å². The van der Waals surface area contributed by atoms with Gasteiger partial charge in [0.2, 0.25) is 0 Å². The second-order valence-electron chi connectivity index (χ2n) is 7.27. The van der Waals surface area contributed by atoms with Crippen LogP contribution in [0.25, 0.3) is 0 Å². The maximum absolute atomic E-state index is 12.7. The molecule has 25 heavy (non-hydrogen) atoms. The molecule has 138 valence electrons. The van der Waals surface area contributed by atoms with E-state index in [-0.39, 0.29) is 18.2 Å². The fourth-order valence-electron chi connectivity index (χ4n) is 4.23. The molecule has 0 spiro atoms. The Bertz CT molecular complexity index is 548. The summed E-state index contributed by atoms with van der Waals surface area (Å²) in [4.78, 5) is 14.5. The number of carbonyl (C=O) groups is 1. The van der Waals surface area contributed by atoms with Gasteiger partial charge in [0, 0.05) is 25.3 Å². The minimum atomic E-state index is -0.721. The van der Waals surface area contributed by atoms with Crippen molar-refractivity contribution in [3.05, 3.63) is 35.9 Å². The van der Waals surface area contributed by atoms with Gasteiger partial charge >= 0.3 is 6.09 Å². The van der Waals surface area contributed by atoms with Crippen molar-refractivity contribution in [2.24, 2.45) is 0 Å². The molecule has 2 atom stereocenters. The van der Waals surface area contributed by atoms with Crippen LogP contribution in [0.5, 0.6) is 0 Å². The highest BCUT2D eigenvalue weighted by atomic mass is 16.6. The Hall–Kier alpha value is -1.59. The standard InChI is InChI=1S/C20H29NO4/c1-2-24-12-11-20(23)13-17-9-6-10-18(14-20)21(17)19(22)25-15-16-7-4-3-5-8-16/h3-5,7-8,17-18,23H,2,6,9-15H2,1H3. The minimum absolute atomic E-state index is 0.0717. The number of nitrogens with zero attached hydrogens (tertiary/aromatic N) is 1. The number of fused-ring (bicyclic) bond motifs is 2. The molecular weight excluding hydrogens is 318 g/mol. The monoisotopic (exact) mass is 347 g/mol. The van der Waals surface area contributed by atoms with E-state index in [1.165, 1.54) is 0 Å². The zero-order valence-corrected chi connectivity index (χ0v) is 15.0.